The van der Waals surface area contributed by atoms with Crippen LogP contribution in [0.1, 0.15) is 20.3 Å². The number of anilines is 1. The topological polar surface area (TPSA) is 50.3 Å². The van der Waals surface area contributed by atoms with Crippen molar-refractivity contribution in [2.45, 2.75) is 26.3 Å². The number of hydrogen-bond donors (Lipinski definition) is 1. The highest BCUT2D eigenvalue weighted by Gasteiger charge is 2.02. The van der Waals surface area contributed by atoms with Crippen molar-refractivity contribution in [2.75, 3.05) is 32.6 Å². The van der Waals surface area contributed by atoms with Gasteiger partial charge in [-0.3, -0.25) is 0 Å². The summed E-state index contributed by atoms with van der Waals surface area (Å²) in [4.78, 5) is 10.6. The van der Waals surface area contributed by atoms with E-state index in [9.17, 15) is 0 Å². The molecule has 1 aromatic rings. The SMILES string of the molecule is COc1cnc(NCCCN(C)C(C)C)nc1. The lowest BCUT2D eigenvalue weighted by molar-refractivity contribution is 0.273. The first-order chi connectivity index (χ1) is 8.13. The van der Waals surface area contributed by atoms with Gasteiger partial charge in [0.15, 0.2) is 5.75 Å². The second-order valence-corrected chi connectivity index (χ2v) is 4.30. The second kappa shape index (κ2) is 7.06. The van der Waals surface area contributed by atoms with Crippen LogP contribution < -0.4 is 10.1 Å². The second-order valence-electron chi connectivity index (χ2n) is 4.30. The van der Waals surface area contributed by atoms with Gasteiger partial charge in [0.2, 0.25) is 5.95 Å². The Kier molecular flexibility index (Phi) is 5.69. The number of nitrogens with zero attached hydrogens (tertiary/aromatic N) is 3. The number of hydrogen-bond acceptors (Lipinski definition) is 5. The summed E-state index contributed by atoms with van der Waals surface area (Å²) < 4.78 is 4.99. The largest absolute Gasteiger partial charge is 0.494 e. The zero-order valence-corrected chi connectivity index (χ0v) is 11.1. The molecule has 0 bridgehead atoms. The minimum Gasteiger partial charge on any atom is -0.494 e. The predicted molar refractivity (Wildman–Crippen MR) is 69.5 cm³/mol. The minimum atomic E-state index is 0.590. The maximum atomic E-state index is 4.99. The van der Waals surface area contributed by atoms with Gasteiger partial charge in [0.1, 0.15) is 0 Å². The van der Waals surface area contributed by atoms with Crippen LogP contribution in [0, 0.1) is 0 Å². The van der Waals surface area contributed by atoms with Crippen LogP contribution in [0.3, 0.4) is 0 Å². The Morgan fingerprint density at radius 3 is 2.53 bits per heavy atom. The van der Waals surface area contributed by atoms with Crippen molar-refractivity contribution in [3.05, 3.63) is 12.4 Å². The van der Waals surface area contributed by atoms with E-state index in [1.165, 1.54) is 0 Å². The Morgan fingerprint density at radius 1 is 1.35 bits per heavy atom. The average Bonchev–Trinajstić information content (AvgIpc) is 2.35. The highest BCUT2D eigenvalue weighted by atomic mass is 16.5. The van der Waals surface area contributed by atoms with E-state index in [-0.39, 0.29) is 0 Å². The van der Waals surface area contributed by atoms with E-state index in [0.29, 0.717) is 17.7 Å². The van der Waals surface area contributed by atoms with Crippen molar-refractivity contribution < 1.29 is 4.74 Å². The van der Waals surface area contributed by atoms with Gasteiger partial charge >= 0.3 is 0 Å². The highest BCUT2D eigenvalue weighted by molar-refractivity contribution is 5.26. The minimum absolute atomic E-state index is 0.590. The van der Waals surface area contributed by atoms with Crippen LogP contribution >= 0.6 is 0 Å². The summed E-state index contributed by atoms with van der Waals surface area (Å²) in [6.45, 7) is 6.34. The van der Waals surface area contributed by atoms with E-state index in [4.69, 9.17) is 4.74 Å². The van der Waals surface area contributed by atoms with Crippen LogP contribution in [0.25, 0.3) is 0 Å². The van der Waals surface area contributed by atoms with Gasteiger partial charge in [-0.1, -0.05) is 0 Å². The van der Waals surface area contributed by atoms with Gasteiger partial charge in [-0.25, -0.2) is 9.97 Å². The number of methoxy groups -OCH3 is 1. The normalized spacial score (nSPS) is 10.9. The number of rotatable bonds is 7. The molecule has 1 N–H and O–H groups in total. The van der Waals surface area contributed by atoms with Gasteiger partial charge in [0, 0.05) is 12.6 Å². The Morgan fingerprint density at radius 2 is 2.00 bits per heavy atom. The first-order valence-electron chi connectivity index (χ1n) is 5.93. The molecule has 0 atom stereocenters. The van der Waals surface area contributed by atoms with E-state index in [1.54, 1.807) is 19.5 Å². The van der Waals surface area contributed by atoms with Gasteiger partial charge in [0.25, 0.3) is 0 Å². The molecule has 96 valence electrons. The van der Waals surface area contributed by atoms with E-state index < -0.39 is 0 Å². The summed E-state index contributed by atoms with van der Waals surface area (Å²) in [6.07, 6.45) is 4.40. The lowest BCUT2D eigenvalue weighted by Gasteiger charge is -2.20. The maximum absolute atomic E-state index is 4.99. The molecule has 1 heterocycles. The molecule has 0 aliphatic heterocycles. The zero-order valence-electron chi connectivity index (χ0n) is 11.1. The molecule has 5 heteroatoms. The molecule has 0 aromatic carbocycles. The quantitative estimate of drug-likeness (QED) is 0.732. The first kappa shape index (κ1) is 13.7. The molecule has 0 fully saturated rings. The molecule has 1 aromatic heterocycles. The molecular formula is C12H22N4O. The van der Waals surface area contributed by atoms with Crippen LogP contribution in [0.2, 0.25) is 0 Å². The summed E-state index contributed by atoms with van der Waals surface area (Å²) in [5.74, 6) is 1.33. The van der Waals surface area contributed by atoms with Gasteiger partial charge in [-0.05, 0) is 33.9 Å². The van der Waals surface area contributed by atoms with Crippen molar-refractivity contribution in [1.82, 2.24) is 14.9 Å². The van der Waals surface area contributed by atoms with Crippen LogP contribution in [-0.2, 0) is 0 Å². The monoisotopic (exact) mass is 238 g/mol. The summed E-state index contributed by atoms with van der Waals surface area (Å²) in [5.41, 5.74) is 0. The molecule has 0 saturated carbocycles. The van der Waals surface area contributed by atoms with E-state index in [0.717, 1.165) is 19.5 Å². The van der Waals surface area contributed by atoms with E-state index >= 15 is 0 Å². The Hall–Kier alpha value is -1.36. The lowest BCUT2D eigenvalue weighted by atomic mass is 10.3. The highest BCUT2D eigenvalue weighted by Crippen LogP contribution is 2.07. The molecule has 0 radical (unpaired) electrons. The fourth-order valence-electron chi connectivity index (χ4n) is 1.30. The van der Waals surface area contributed by atoms with Crippen molar-refractivity contribution in [2.24, 2.45) is 0 Å². The smallest absolute Gasteiger partial charge is 0.222 e. The summed E-state index contributed by atoms with van der Waals surface area (Å²) in [5, 5.41) is 3.19. The average molecular weight is 238 g/mol. The van der Waals surface area contributed by atoms with Crippen LogP contribution in [0.15, 0.2) is 12.4 Å². The molecule has 0 unspecified atom stereocenters. The van der Waals surface area contributed by atoms with Crippen molar-refractivity contribution in [3.8, 4) is 5.75 Å². The van der Waals surface area contributed by atoms with Crippen LogP contribution in [0.4, 0.5) is 5.95 Å². The van der Waals surface area contributed by atoms with E-state index in [2.05, 4.69) is 41.1 Å². The van der Waals surface area contributed by atoms with Gasteiger partial charge in [0.05, 0.1) is 19.5 Å². The van der Waals surface area contributed by atoms with Crippen molar-refractivity contribution >= 4 is 5.95 Å². The molecule has 0 saturated heterocycles. The molecule has 0 aliphatic carbocycles. The summed E-state index contributed by atoms with van der Waals surface area (Å²) >= 11 is 0. The molecule has 0 aliphatic rings. The van der Waals surface area contributed by atoms with Gasteiger partial charge < -0.3 is 15.0 Å². The zero-order chi connectivity index (χ0) is 12.7. The maximum Gasteiger partial charge on any atom is 0.222 e. The fourth-order valence-corrected chi connectivity index (χ4v) is 1.30. The van der Waals surface area contributed by atoms with Crippen LogP contribution in [0.5, 0.6) is 5.75 Å². The molecule has 1 rings (SSSR count). The third-order valence-corrected chi connectivity index (χ3v) is 2.72. The third kappa shape index (κ3) is 4.99. The first-order valence-corrected chi connectivity index (χ1v) is 5.93. The predicted octanol–water partition coefficient (Wildman–Crippen LogP) is 1.63. The Labute approximate surface area is 103 Å². The molecule has 5 nitrogen and oxygen atoms in total. The summed E-state index contributed by atoms with van der Waals surface area (Å²) in [6, 6.07) is 0.590. The number of nitrogens with one attached hydrogen (secondary N) is 1. The van der Waals surface area contributed by atoms with Crippen molar-refractivity contribution in [1.29, 1.82) is 0 Å². The fraction of sp³-hybridized carbons (Fsp3) is 0.667. The third-order valence-electron chi connectivity index (χ3n) is 2.72. The molecule has 17 heavy (non-hydrogen) atoms. The molecule has 0 amide bonds. The van der Waals surface area contributed by atoms with E-state index in [1.807, 2.05) is 0 Å². The number of aromatic nitrogens is 2. The van der Waals surface area contributed by atoms with Gasteiger partial charge in [-0.2, -0.15) is 0 Å². The van der Waals surface area contributed by atoms with Crippen LogP contribution in [-0.4, -0.2) is 48.2 Å². The van der Waals surface area contributed by atoms with Gasteiger partial charge in [-0.15, -0.1) is 0 Å². The molecular weight excluding hydrogens is 216 g/mol. The lowest BCUT2D eigenvalue weighted by Crippen LogP contribution is -2.28. The Balaban J connectivity index is 2.22. The standard InChI is InChI=1S/C12H22N4O/c1-10(2)16(3)7-5-6-13-12-14-8-11(17-4)9-15-12/h8-10H,5-7H2,1-4H3,(H,13,14,15). The summed E-state index contributed by atoms with van der Waals surface area (Å²) in [7, 11) is 3.74. The molecule has 0 spiro atoms. The number of ether oxygens (including phenoxy) is 1. The van der Waals surface area contributed by atoms with Crippen molar-refractivity contribution in [3.63, 3.8) is 0 Å². The Bertz CT molecular complexity index is 313.